The van der Waals surface area contributed by atoms with Gasteiger partial charge in [-0.2, -0.15) is 0 Å². The normalized spacial score (nSPS) is 55.4. The average molecular weight is 288 g/mol. The smallest absolute Gasteiger partial charge is 0.0758 e. The van der Waals surface area contributed by atoms with E-state index in [0.717, 1.165) is 25.2 Å². The Morgan fingerprint density at radius 3 is 2.71 bits per heavy atom. The molecule has 0 saturated heterocycles. The third-order valence-corrected chi connectivity index (χ3v) is 7.58. The van der Waals surface area contributed by atoms with Crippen LogP contribution in [0.2, 0.25) is 0 Å². The van der Waals surface area contributed by atoms with Crippen LogP contribution in [-0.2, 0) is 0 Å². The summed E-state index contributed by atoms with van der Waals surface area (Å²) in [5, 5.41) is 20.4. The highest BCUT2D eigenvalue weighted by Crippen LogP contribution is 2.63. The van der Waals surface area contributed by atoms with Gasteiger partial charge in [0.2, 0.25) is 0 Å². The fraction of sp³-hybridized carbons (Fsp3) is 0.789. The molecule has 0 amide bonds. The van der Waals surface area contributed by atoms with Gasteiger partial charge in [-0.05, 0) is 61.7 Å². The minimum Gasteiger partial charge on any atom is -0.393 e. The lowest BCUT2D eigenvalue weighted by Gasteiger charge is -2.56. The zero-order chi connectivity index (χ0) is 14.8. The predicted octanol–water partition coefficient (Wildman–Crippen LogP) is 3.45. The molecule has 4 aliphatic rings. The van der Waals surface area contributed by atoms with E-state index in [4.69, 9.17) is 0 Å². The first-order chi connectivity index (χ1) is 9.95. The van der Waals surface area contributed by atoms with Gasteiger partial charge in [0, 0.05) is 5.41 Å². The summed E-state index contributed by atoms with van der Waals surface area (Å²) >= 11 is 0. The lowest BCUT2D eigenvalue weighted by atomic mass is 9.49. The minimum absolute atomic E-state index is 0.0923. The molecule has 0 spiro atoms. The molecule has 0 unspecified atom stereocenters. The van der Waals surface area contributed by atoms with E-state index in [1.807, 2.05) is 6.08 Å². The number of hydrogen-bond donors (Lipinski definition) is 2. The van der Waals surface area contributed by atoms with Crippen LogP contribution in [0.1, 0.15) is 52.4 Å². The minimum atomic E-state index is -0.289. The van der Waals surface area contributed by atoms with Crippen molar-refractivity contribution in [2.45, 2.75) is 64.6 Å². The summed E-state index contributed by atoms with van der Waals surface area (Å²) < 4.78 is 0. The Bertz CT molecular complexity index is 508. The van der Waals surface area contributed by atoms with Gasteiger partial charge in [-0.1, -0.05) is 37.6 Å². The molecule has 21 heavy (non-hydrogen) atoms. The van der Waals surface area contributed by atoms with Crippen molar-refractivity contribution in [3.8, 4) is 0 Å². The summed E-state index contributed by atoms with van der Waals surface area (Å²) in [4.78, 5) is 0. The van der Waals surface area contributed by atoms with E-state index < -0.39 is 0 Å². The summed E-state index contributed by atoms with van der Waals surface area (Å²) in [5.74, 6) is 2.10. The van der Waals surface area contributed by atoms with Crippen molar-refractivity contribution in [1.82, 2.24) is 0 Å². The van der Waals surface area contributed by atoms with E-state index in [9.17, 15) is 10.2 Å². The van der Waals surface area contributed by atoms with Crippen LogP contribution in [0, 0.1) is 28.6 Å². The summed E-state index contributed by atoms with van der Waals surface area (Å²) in [5.41, 5.74) is 1.76. The van der Waals surface area contributed by atoms with Crippen molar-refractivity contribution >= 4 is 0 Å². The quantitative estimate of drug-likeness (QED) is 0.670. The molecule has 4 rings (SSSR count). The molecule has 0 aromatic rings. The summed E-state index contributed by atoms with van der Waals surface area (Å²) in [6, 6.07) is 0. The highest BCUT2D eigenvalue weighted by molar-refractivity contribution is 5.32. The van der Waals surface area contributed by atoms with E-state index in [1.165, 1.54) is 24.8 Å². The molecule has 0 aromatic carbocycles. The Labute approximate surface area is 127 Å². The molecule has 2 heteroatoms. The Hall–Kier alpha value is -0.600. The molecule has 0 radical (unpaired) electrons. The fourth-order valence-corrected chi connectivity index (χ4v) is 6.21. The first-order valence-corrected chi connectivity index (χ1v) is 8.70. The number of fused-ring (bicyclic) bond motifs is 5. The van der Waals surface area contributed by atoms with Crippen molar-refractivity contribution in [1.29, 1.82) is 0 Å². The van der Waals surface area contributed by atoms with E-state index in [1.54, 1.807) is 0 Å². The standard InChI is InChI=1S/C19H28O2/c1-18-9-7-13(20)11-12(18)3-4-14-15-5-6-17(21)19(15,2)10-8-16(14)18/h3,7,9,13-17,20-21H,4-6,8,10-11H2,1-2H3/t13-,14+,15+,16+,17+,18+,19+/m1/s1. The van der Waals surface area contributed by atoms with Crippen molar-refractivity contribution in [3.05, 3.63) is 23.8 Å². The second kappa shape index (κ2) is 4.45. The maximum absolute atomic E-state index is 10.4. The molecular weight excluding hydrogens is 260 g/mol. The van der Waals surface area contributed by atoms with Crippen LogP contribution in [0.25, 0.3) is 0 Å². The van der Waals surface area contributed by atoms with Gasteiger partial charge in [-0.25, -0.2) is 0 Å². The average Bonchev–Trinajstić information content (AvgIpc) is 2.76. The van der Waals surface area contributed by atoms with Gasteiger partial charge in [0.15, 0.2) is 0 Å². The Kier molecular flexibility index (Phi) is 2.97. The van der Waals surface area contributed by atoms with Crippen molar-refractivity contribution < 1.29 is 10.2 Å². The third-order valence-electron chi connectivity index (χ3n) is 7.58. The third kappa shape index (κ3) is 1.78. The molecule has 4 aliphatic carbocycles. The summed E-state index contributed by atoms with van der Waals surface area (Å²) in [6.07, 6.45) is 12.9. The fourth-order valence-electron chi connectivity index (χ4n) is 6.21. The second-order valence-electron chi connectivity index (χ2n) is 8.39. The first-order valence-electron chi connectivity index (χ1n) is 8.70. The Morgan fingerprint density at radius 2 is 1.90 bits per heavy atom. The van der Waals surface area contributed by atoms with Gasteiger partial charge in [-0.3, -0.25) is 0 Å². The number of allylic oxidation sites excluding steroid dienone is 2. The maximum Gasteiger partial charge on any atom is 0.0758 e. The molecular formula is C19H28O2. The van der Waals surface area contributed by atoms with Gasteiger partial charge in [0.05, 0.1) is 12.2 Å². The largest absolute Gasteiger partial charge is 0.393 e. The molecule has 7 atom stereocenters. The zero-order valence-corrected chi connectivity index (χ0v) is 13.3. The predicted molar refractivity (Wildman–Crippen MR) is 83.6 cm³/mol. The van der Waals surface area contributed by atoms with Crippen LogP contribution in [0.15, 0.2) is 23.8 Å². The van der Waals surface area contributed by atoms with E-state index in [0.29, 0.717) is 11.8 Å². The molecule has 0 heterocycles. The lowest BCUT2D eigenvalue weighted by molar-refractivity contribution is -0.0551. The molecule has 2 saturated carbocycles. The van der Waals surface area contributed by atoms with Crippen LogP contribution in [0.5, 0.6) is 0 Å². The molecule has 2 nitrogen and oxygen atoms in total. The van der Waals surface area contributed by atoms with Crippen molar-refractivity contribution in [2.75, 3.05) is 0 Å². The van der Waals surface area contributed by atoms with Crippen LogP contribution in [0.3, 0.4) is 0 Å². The summed E-state index contributed by atoms with van der Waals surface area (Å²) in [7, 11) is 0. The topological polar surface area (TPSA) is 40.5 Å². The van der Waals surface area contributed by atoms with Gasteiger partial charge < -0.3 is 10.2 Å². The number of aliphatic hydroxyl groups is 2. The van der Waals surface area contributed by atoms with Gasteiger partial charge in [0.1, 0.15) is 0 Å². The highest BCUT2D eigenvalue weighted by Gasteiger charge is 2.57. The zero-order valence-electron chi connectivity index (χ0n) is 13.3. The monoisotopic (exact) mass is 288 g/mol. The van der Waals surface area contributed by atoms with Gasteiger partial charge in [-0.15, -0.1) is 0 Å². The molecule has 0 aliphatic heterocycles. The van der Waals surface area contributed by atoms with Gasteiger partial charge >= 0.3 is 0 Å². The van der Waals surface area contributed by atoms with Crippen LogP contribution < -0.4 is 0 Å². The number of hydrogen-bond acceptors (Lipinski definition) is 2. The van der Waals surface area contributed by atoms with Crippen LogP contribution in [-0.4, -0.2) is 22.4 Å². The second-order valence-corrected chi connectivity index (χ2v) is 8.39. The first kappa shape index (κ1) is 14.0. The molecule has 0 aromatic heterocycles. The van der Waals surface area contributed by atoms with E-state index in [2.05, 4.69) is 26.0 Å². The highest BCUT2D eigenvalue weighted by atomic mass is 16.3. The molecule has 116 valence electrons. The van der Waals surface area contributed by atoms with Crippen LogP contribution in [0.4, 0.5) is 0 Å². The van der Waals surface area contributed by atoms with Crippen molar-refractivity contribution in [3.63, 3.8) is 0 Å². The van der Waals surface area contributed by atoms with E-state index >= 15 is 0 Å². The number of rotatable bonds is 0. The Morgan fingerprint density at radius 1 is 1.10 bits per heavy atom. The van der Waals surface area contributed by atoms with Crippen LogP contribution >= 0.6 is 0 Å². The SMILES string of the molecule is C[C@]12CC[C@H]3[C@@H](CC=C4C[C@H](O)C=C[C@@]43C)[C@@H]1CC[C@@H]2O. The molecule has 0 bridgehead atoms. The van der Waals surface area contributed by atoms with E-state index in [-0.39, 0.29) is 23.0 Å². The lowest BCUT2D eigenvalue weighted by Crippen LogP contribution is -2.50. The van der Waals surface area contributed by atoms with Gasteiger partial charge in [0.25, 0.3) is 0 Å². The maximum atomic E-state index is 10.4. The molecule has 2 fully saturated rings. The molecule has 2 N–H and O–H groups in total. The Balaban J connectivity index is 1.71. The summed E-state index contributed by atoms with van der Waals surface area (Å²) in [6.45, 7) is 4.71. The van der Waals surface area contributed by atoms with Crippen molar-refractivity contribution in [2.24, 2.45) is 28.6 Å². The number of aliphatic hydroxyl groups excluding tert-OH is 2.